The predicted molar refractivity (Wildman–Crippen MR) is 72.3 cm³/mol. The van der Waals surface area contributed by atoms with Gasteiger partial charge in [0.25, 0.3) is 0 Å². The lowest BCUT2D eigenvalue weighted by Gasteiger charge is -2.34. The molecule has 0 aromatic heterocycles. The number of rotatable bonds is 3. The first-order valence-electron chi connectivity index (χ1n) is 6.33. The highest BCUT2D eigenvalue weighted by Crippen LogP contribution is 2.27. The molecule has 19 heavy (non-hydrogen) atoms. The van der Waals surface area contributed by atoms with E-state index in [0.717, 1.165) is 17.0 Å². The number of nitrogens with zero attached hydrogens (tertiary/aromatic N) is 1. The van der Waals surface area contributed by atoms with E-state index >= 15 is 0 Å². The molecule has 5 nitrogen and oxygen atoms in total. The highest BCUT2D eigenvalue weighted by molar-refractivity contribution is 6.06. The Bertz CT molecular complexity index is 513. The molecule has 1 unspecified atom stereocenters. The molecule has 1 aliphatic heterocycles. The van der Waals surface area contributed by atoms with Crippen LogP contribution < -0.4 is 15.0 Å². The zero-order chi connectivity index (χ0) is 14.0. The second-order valence-electron chi connectivity index (χ2n) is 4.56. The molecule has 1 atom stereocenters. The summed E-state index contributed by atoms with van der Waals surface area (Å²) < 4.78 is 5.21. The Balaban J connectivity index is 2.39. The maximum Gasteiger partial charge on any atom is 0.247 e. The summed E-state index contributed by atoms with van der Waals surface area (Å²) in [4.78, 5) is 25.5. The second kappa shape index (κ2) is 5.30. The lowest BCUT2D eigenvalue weighted by Crippen LogP contribution is -2.58. The Labute approximate surface area is 112 Å². The number of benzene rings is 1. The fourth-order valence-electron chi connectivity index (χ4n) is 2.36. The fourth-order valence-corrected chi connectivity index (χ4v) is 2.36. The maximum atomic E-state index is 12.1. The van der Waals surface area contributed by atoms with Gasteiger partial charge in [0.15, 0.2) is 0 Å². The van der Waals surface area contributed by atoms with Crippen molar-refractivity contribution in [1.29, 1.82) is 0 Å². The third-order valence-electron chi connectivity index (χ3n) is 3.34. The van der Waals surface area contributed by atoms with E-state index in [1.807, 2.05) is 32.0 Å². The number of aryl methyl sites for hydroxylation is 1. The van der Waals surface area contributed by atoms with Crippen molar-refractivity contribution in [3.8, 4) is 5.75 Å². The lowest BCUT2D eigenvalue weighted by atomic mass is 10.1. The molecule has 0 bridgehead atoms. The molecule has 1 heterocycles. The van der Waals surface area contributed by atoms with Crippen molar-refractivity contribution in [2.75, 3.05) is 18.6 Å². The summed E-state index contributed by atoms with van der Waals surface area (Å²) in [6, 6.07) is 5.06. The van der Waals surface area contributed by atoms with Crippen LogP contribution in [0.15, 0.2) is 18.2 Å². The number of hydrogen-bond acceptors (Lipinski definition) is 3. The molecule has 1 saturated heterocycles. The minimum absolute atomic E-state index is 0.0560. The fraction of sp³-hybridized carbons (Fsp3) is 0.429. The first kappa shape index (κ1) is 13.4. The second-order valence-corrected chi connectivity index (χ2v) is 4.56. The van der Waals surface area contributed by atoms with Gasteiger partial charge in [-0.1, -0.05) is 6.92 Å². The molecule has 0 saturated carbocycles. The van der Waals surface area contributed by atoms with Gasteiger partial charge in [0.2, 0.25) is 11.8 Å². The molecule has 1 aromatic carbocycles. The predicted octanol–water partition coefficient (Wildman–Crippen LogP) is 1.25. The minimum Gasteiger partial charge on any atom is -0.496 e. The van der Waals surface area contributed by atoms with Crippen LogP contribution in [0.25, 0.3) is 0 Å². The van der Waals surface area contributed by atoms with E-state index in [1.165, 1.54) is 0 Å². The Morgan fingerprint density at radius 3 is 2.74 bits per heavy atom. The SMILES string of the molecule is CCC1C(=O)NCC(=O)N1c1ccc(OC)c(C)c1. The van der Waals surface area contributed by atoms with Crippen LogP contribution in [0, 0.1) is 6.92 Å². The molecule has 0 radical (unpaired) electrons. The van der Waals surface area contributed by atoms with Crippen LogP contribution in [0.4, 0.5) is 5.69 Å². The number of carbonyl (C=O) groups excluding carboxylic acids is 2. The van der Waals surface area contributed by atoms with Gasteiger partial charge in [0.05, 0.1) is 13.7 Å². The topological polar surface area (TPSA) is 58.6 Å². The standard InChI is InChI=1S/C14H18N2O3/c1-4-11-14(18)15-8-13(17)16(11)10-5-6-12(19-3)9(2)7-10/h5-7,11H,4,8H2,1-3H3,(H,15,18). The average molecular weight is 262 g/mol. The molecule has 1 aromatic rings. The van der Waals surface area contributed by atoms with Gasteiger partial charge in [-0.15, -0.1) is 0 Å². The quantitative estimate of drug-likeness (QED) is 0.891. The van der Waals surface area contributed by atoms with Gasteiger partial charge in [-0.3, -0.25) is 14.5 Å². The van der Waals surface area contributed by atoms with E-state index in [1.54, 1.807) is 12.0 Å². The van der Waals surface area contributed by atoms with Crippen molar-refractivity contribution in [2.24, 2.45) is 0 Å². The zero-order valence-electron chi connectivity index (χ0n) is 11.4. The molecular formula is C14H18N2O3. The van der Waals surface area contributed by atoms with E-state index in [-0.39, 0.29) is 18.4 Å². The Kier molecular flexibility index (Phi) is 3.74. The van der Waals surface area contributed by atoms with Gasteiger partial charge in [0, 0.05) is 5.69 Å². The molecule has 2 amide bonds. The number of piperazine rings is 1. The third-order valence-corrected chi connectivity index (χ3v) is 3.34. The first-order chi connectivity index (χ1) is 9.08. The van der Waals surface area contributed by atoms with Crippen molar-refractivity contribution >= 4 is 17.5 Å². The Morgan fingerprint density at radius 2 is 2.16 bits per heavy atom. The van der Waals surface area contributed by atoms with Crippen molar-refractivity contribution in [1.82, 2.24) is 5.32 Å². The Morgan fingerprint density at radius 1 is 1.42 bits per heavy atom. The number of ether oxygens (including phenoxy) is 1. The van der Waals surface area contributed by atoms with Crippen molar-refractivity contribution in [2.45, 2.75) is 26.3 Å². The van der Waals surface area contributed by atoms with Gasteiger partial charge in [0.1, 0.15) is 11.8 Å². The number of carbonyl (C=O) groups is 2. The van der Waals surface area contributed by atoms with E-state index in [4.69, 9.17) is 4.74 Å². The van der Waals surface area contributed by atoms with Crippen LogP contribution >= 0.6 is 0 Å². The van der Waals surface area contributed by atoms with Crippen LogP contribution in [-0.4, -0.2) is 31.5 Å². The summed E-state index contributed by atoms with van der Waals surface area (Å²) >= 11 is 0. The van der Waals surface area contributed by atoms with Gasteiger partial charge in [-0.05, 0) is 37.1 Å². The minimum atomic E-state index is -0.436. The van der Waals surface area contributed by atoms with E-state index in [2.05, 4.69) is 5.32 Å². The van der Waals surface area contributed by atoms with E-state index < -0.39 is 6.04 Å². The van der Waals surface area contributed by atoms with Crippen LogP contribution in [0.5, 0.6) is 5.75 Å². The summed E-state index contributed by atoms with van der Waals surface area (Å²) in [5, 5.41) is 2.61. The molecule has 1 N–H and O–H groups in total. The maximum absolute atomic E-state index is 12.1. The summed E-state index contributed by atoms with van der Waals surface area (Å²) in [5.41, 5.74) is 1.68. The Hall–Kier alpha value is -2.04. The van der Waals surface area contributed by atoms with Crippen LogP contribution in [0.3, 0.4) is 0 Å². The smallest absolute Gasteiger partial charge is 0.247 e. The van der Waals surface area contributed by atoms with Crippen LogP contribution in [0.2, 0.25) is 0 Å². The van der Waals surface area contributed by atoms with Gasteiger partial charge < -0.3 is 10.1 Å². The normalized spacial score (nSPS) is 19.3. The molecule has 0 aliphatic carbocycles. The summed E-state index contributed by atoms with van der Waals surface area (Å²) in [6.07, 6.45) is 0.586. The van der Waals surface area contributed by atoms with Gasteiger partial charge >= 0.3 is 0 Å². The van der Waals surface area contributed by atoms with E-state index in [9.17, 15) is 9.59 Å². The summed E-state index contributed by atoms with van der Waals surface area (Å²) in [7, 11) is 1.61. The third kappa shape index (κ3) is 2.41. The number of amides is 2. The molecule has 102 valence electrons. The number of methoxy groups -OCH3 is 1. The highest BCUT2D eigenvalue weighted by Gasteiger charge is 2.34. The zero-order valence-corrected chi connectivity index (χ0v) is 11.4. The highest BCUT2D eigenvalue weighted by atomic mass is 16.5. The monoisotopic (exact) mass is 262 g/mol. The molecule has 1 aliphatic rings. The van der Waals surface area contributed by atoms with Crippen molar-refractivity contribution < 1.29 is 14.3 Å². The number of hydrogen-bond donors (Lipinski definition) is 1. The summed E-state index contributed by atoms with van der Waals surface area (Å²) in [6.45, 7) is 3.87. The summed E-state index contributed by atoms with van der Waals surface area (Å²) in [5.74, 6) is 0.581. The van der Waals surface area contributed by atoms with Crippen molar-refractivity contribution in [3.63, 3.8) is 0 Å². The number of anilines is 1. The van der Waals surface area contributed by atoms with Gasteiger partial charge in [-0.2, -0.15) is 0 Å². The van der Waals surface area contributed by atoms with Gasteiger partial charge in [-0.25, -0.2) is 0 Å². The molecule has 0 spiro atoms. The van der Waals surface area contributed by atoms with Crippen LogP contribution in [-0.2, 0) is 9.59 Å². The molecule has 5 heteroatoms. The van der Waals surface area contributed by atoms with E-state index in [0.29, 0.717) is 6.42 Å². The first-order valence-corrected chi connectivity index (χ1v) is 6.33. The molecular weight excluding hydrogens is 244 g/mol. The molecule has 2 rings (SSSR count). The average Bonchev–Trinajstić information content (AvgIpc) is 2.41. The lowest BCUT2D eigenvalue weighted by molar-refractivity contribution is -0.131. The van der Waals surface area contributed by atoms with Crippen LogP contribution in [0.1, 0.15) is 18.9 Å². The largest absolute Gasteiger partial charge is 0.496 e. The molecule has 1 fully saturated rings. The number of nitrogens with one attached hydrogen (secondary N) is 1. The van der Waals surface area contributed by atoms with Crippen molar-refractivity contribution in [3.05, 3.63) is 23.8 Å².